The van der Waals surface area contributed by atoms with Gasteiger partial charge in [0.2, 0.25) is 11.8 Å². The fourth-order valence-electron chi connectivity index (χ4n) is 8.25. The number of hydrogen-bond donors (Lipinski definition) is 1. The number of carbonyl (C=O) groups excluding carboxylic acids is 3. The van der Waals surface area contributed by atoms with Gasteiger partial charge in [0, 0.05) is 63.9 Å². The fourth-order valence-corrected chi connectivity index (χ4v) is 8.25. The predicted molar refractivity (Wildman–Crippen MR) is 202 cm³/mol. The predicted octanol–water partition coefficient (Wildman–Crippen LogP) is 6.42. The Balaban J connectivity index is 1.01. The number of nitrogens with one attached hydrogen (secondary N) is 1. The molecule has 266 valence electrons. The van der Waals surface area contributed by atoms with Gasteiger partial charge in [0.25, 0.3) is 5.91 Å². The minimum absolute atomic E-state index is 0.111. The summed E-state index contributed by atoms with van der Waals surface area (Å²) in [7, 11) is 0. The number of piperazine rings is 1. The van der Waals surface area contributed by atoms with Crippen LogP contribution in [0.25, 0.3) is 21.7 Å². The second-order valence-electron chi connectivity index (χ2n) is 14.5. The maximum Gasteiger partial charge on any atom is 0.287 e. The normalized spacial score (nSPS) is 17.3. The summed E-state index contributed by atoms with van der Waals surface area (Å²) in [5, 5.41) is 5.58. The molecular weight excluding hydrogens is 652 g/mol. The topological polar surface area (TPSA) is 103 Å². The zero-order valence-electron chi connectivity index (χ0n) is 29.4. The van der Waals surface area contributed by atoms with Crippen molar-refractivity contribution < 1.29 is 18.8 Å². The van der Waals surface area contributed by atoms with E-state index in [0.717, 1.165) is 59.0 Å². The first-order valence-corrected chi connectivity index (χ1v) is 18.7. The van der Waals surface area contributed by atoms with Crippen LogP contribution >= 0.6 is 0 Å². The summed E-state index contributed by atoms with van der Waals surface area (Å²) in [6.07, 6.45) is 6.41. The number of benzene rings is 4. The van der Waals surface area contributed by atoms with Gasteiger partial charge >= 0.3 is 0 Å². The van der Waals surface area contributed by atoms with Gasteiger partial charge in [-0.05, 0) is 70.8 Å². The van der Waals surface area contributed by atoms with Crippen LogP contribution in [0.2, 0.25) is 0 Å². The fraction of sp³-hybridized carbons (Fsp3) is 0.349. The molecule has 4 aromatic carbocycles. The highest BCUT2D eigenvalue weighted by Crippen LogP contribution is 2.35. The lowest BCUT2D eigenvalue weighted by atomic mass is 9.96. The van der Waals surface area contributed by atoms with Gasteiger partial charge in [0.1, 0.15) is 11.6 Å². The molecule has 1 aliphatic carbocycles. The molecule has 0 spiro atoms. The molecule has 1 atom stereocenters. The number of anilines is 1. The molecule has 2 aliphatic heterocycles. The van der Waals surface area contributed by atoms with Crippen molar-refractivity contribution >= 4 is 45.2 Å². The number of para-hydroxylation sites is 1. The molecule has 0 unspecified atom stereocenters. The lowest BCUT2D eigenvalue weighted by Gasteiger charge is -2.38. The Kier molecular flexibility index (Phi) is 9.50. The van der Waals surface area contributed by atoms with Crippen molar-refractivity contribution in [3.05, 3.63) is 124 Å². The zero-order valence-corrected chi connectivity index (χ0v) is 29.4. The van der Waals surface area contributed by atoms with E-state index in [2.05, 4.69) is 28.4 Å². The smallest absolute Gasteiger partial charge is 0.287 e. The second-order valence-corrected chi connectivity index (χ2v) is 14.5. The zero-order chi connectivity index (χ0) is 35.6. The van der Waals surface area contributed by atoms with Crippen LogP contribution in [0.4, 0.5) is 5.69 Å². The molecule has 0 radical (unpaired) electrons. The minimum atomic E-state index is -0.876. The van der Waals surface area contributed by atoms with Crippen molar-refractivity contribution in [3.8, 4) is 0 Å². The Labute approximate surface area is 303 Å². The highest BCUT2D eigenvalue weighted by atomic mass is 16.3. The third-order valence-electron chi connectivity index (χ3n) is 11.1. The maximum absolute atomic E-state index is 14.3. The van der Waals surface area contributed by atoms with Crippen molar-refractivity contribution in [2.75, 3.05) is 37.6 Å². The van der Waals surface area contributed by atoms with Gasteiger partial charge in [0.05, 0.1) is 5.39 Å². The summed E-state index contributed by atoms with van der Waals surface area (Å²) in [5.41, 5.74) is 4.33. The number of carbonyl (C=O) groups is 3. The molecule has 3 aliphatic rings. The van der Waals surface area contributed by atoms with Crippen molar-refractivity contribution in [1.29, 1.82) is 0 Å². The third kappa shape index (κ3) is 7.04. The van der Waals surface area contributed by atoms with Crippen molar-refractivity contribution in [3.63, 3.8) is 0 Å². The first kappa shape index (κ1) is 33.7. The molecule has 3 amide bonds. The molecule has 52 heavy (non-hydrogen) atoms. The Hall–Kier alpha value is -5.44. The first-order chi connectivity index (χ1) is 25.4. The Morgan fingerprint density at radius 2 is 1.56 bits per heavy atom. The van der Waals surface area contributed by atoms with Gasteiger partial charge in [-0.25, -0.2) is 0 Å². The number of amides is 3. The van der Waals surface area contributed by atoms with Crippen LogP contribution in [0.5, 0.6) is 0 Å². The highest BCUT2D eigenvalue weighted by molar-refractivity contribution is 5.97. The summed E-state index contributed by atoms with van der Waals surface area (Å²) in [5.74, 6) is -0.240. The van der Waals surface area contributed by atoms with Crippen molar-refractivity contribution in [1.82, 2.24) is 15.1 Å². The standard InChI is InChI=1S/C43H44N4O5/c48-38-27-40(52-39-18-17-33(26-35(38)39)30-8-1-2-9-30)42(50)44-36(25-29-15-16-31-10-3-4-11-32(31)24-29)43(51)46-22-20-45(21-23-46)37-13-6-5-12-34(37)28-47-19-7-14-41(47)49/h3-6,10-13,15-18,24,26-27,30,36H,1-2,7-9,14,19-23,25,28H2,(H,44,50)/t36-/m1/s1. The molecule has 1 N–H and O–H groups in total. The third-order valence-corrected chi connectivity index (χ3v) is 11.1. The van der Waals surface area contributed by atoms with E-state index < -0.39 is 11.9 Å². The molecule has 2 saturated heterocycles. The summed E-state index contributed by atoms with van der Waals surface area (Å²) in [6.45, 7) is 3.57. The number of likely N-dealkylation sites (tertiary alicyclic amines) is 1. The quantitative estimate of drug-likeness (QED) is 0.191. The summed E-state index contributed by atoms with van der Waals surface area (Å²) in [6, 6.07) is 28.4. The molecule has 9 nitrogen and oxygen atoms in total. The molecule has 0 bridgehead atoms. The van der Waals surface area contributed by atoms with Gasteiger partial charge in [-0.15, -0.1) is 0 Å². The van der Waals surface area contributed by atoms with E-state index in [0.29, 0.717) is 56.0 Å². The van der Waals surface area contributed by atoms with Crippen molar-refractivity contribution in [2.24, 2.45) is 0 Å². The highest BCUT2D eigenvalue weighted by Gasteiger charge is 2.31. The Morgan fingerprint density at radius 3 is 2.35 bits per heavy atom. The largest absolute Gasteiger partial charge is 0.451 e. The van der Waals surface area contributed by atoms with Crippen LogP contribution in [0.15, 0.2) is 100 Å². The Morgan fingerprint density at radius 1 is 0.788 bits per heavy atom. The van der Waals surface area contributed by atoms with Crippen LogP contribution < -0.4 is 15.6 Å². The van der Waals surface area contributed by atoms with Gasteiger partial charge in [-0.1, -0.05) is 79.6 Å². The summed E-state index contributed by atoms with van der Waals surface area (Å²) >= 11 is 0. The molecule has 8 rings (SSSR count). The second kappa shape index (κ2) is 14.7. The lowest BCUT2D eigenvalue weighted by Crippen LogP contribution is -2.55. The van der Waals surface area contributed by atoms with Crippen LogP contribution in [-0.2, 0) is 22.6 Å². The minimum Gasteiger partial charge on any atom is -0.451 e. The molecule has 3 fully saturated rings. The maximum atomic E-state index is 14.3. The van der Waals surface area contributed by atoms with Crippen LogP contribution in [0, 0.1) is 0 Å². The molecule has 1 saturated carbocycles. The number of rotatable bonds is 9. The number of fused-ring (bicyclic) bond motifs is 2. The molecular formula is C43H44N4O5. The van der Waals surface area contributed by atoms with E-state index in [1.807, 2.05) is 70.5 Å². The van der Waals surface area contributed by atoms with Gasteiger partial charge in [0.15, 0.2) is 11.2 Å². The average Bonchev–Trinajstić information content (AvgIpc) is 3.87. The average molecular weight is 697 g/mol. The molecule has 9 heteroatoms. The van der Waals surface area contributed by atoms with Gasteiger partial charge < -0.3 is 24.4 Å². The van der Waals surface area contributed by atoms with Crippen molar-refractivity contribution in [2.45, 2.75) is 63.5 Å². The van der Waals surface area contributed by atoms with Gasteiger partial charge in [-0.2, -0.15) is 0 Å². The Bertz CT molecular complexity index is 2200. The monoisotopic (exact) mass is 696 g/mol. The van der Waals surface area contributed by atoms with E-state index in [4.69, 9.17) is 4.42 Å². The molecule has 3 heterocycles. The molecule has 1 aromatic heterocycles. The van der Waals surface area contributed by atoms with Gasteiger partial charge in [-0.3, -0.25) is 19.2 Å². The van der Waals surface area contributed by atoms with Crippen LogP contribution in [-0.4, -0.2) is 66.3 Å². The summed E-state index contributed by atoms with van der Waals surface area (Å²) in [4.78, 5) is 59.8. The SMILES string of the molecule is O=C(N[C@H](Cc1ccc2ccccc2c1)C(=O)N1CCN(c2ccccc2CN2CCCC2=O)CC1)c1cc(=O)c2cc(C3CCCC3)ccc2o1. The van der Waals surface area contributed by atoms with E-state index in [-0.39, 0.29) is 29.4 Å². The van der Waals surface area contributed by atoms with Crippen LogP contribution in [0.1, 0.15) is 71.7 Å². The van der Waals surface area contributed by atoms with E-state index in [9.17, 15) is 19.2 Å². The molecule has 5 aromatic rings. The number of nitrogens with zero attached hydrogens (tertiary/aromatic N) is 3. The lowest BCUT2D eigenvalue weighted by molar-refractivity contribution is -0.133. The number of hydrogen-bond acceptors (Lipinski definition) is 6. The summed E-state index contributed by atoms with van der Waals surface area (Å²) < 4.78 is 6.02. The van der Waals surface area contributed by atoms with E-state index >= 15 is 0 Å². The van der Waals surface area contributed by atoms with E-state index in [1.54, 1.807) is 6.07 Å². The van der Waals surface area contributed by atoms with Crippen LogP contribution in [0.3, 0.4) is 0 Å². The van der Waals surface area contributed by atoms with E-state index in [1.165, 1.54) is 18.9 Å². The first-order valence-electron chi connectivity index (χ1n) is 18.7.